The number of hydrogen-bond donors (Lipinski definition) is 3. The maximum absolute atomic E-state index is 8.80. The Morgan fingerprint density at radius 3 is 1.89 bits per heavy atom. The third-order valence-corrected chi connectivity index (χ3v) is 0.987. The first-order chi connectivity index (χ1) is 4.04. The van der Waals surface area contributed by atoms with E-state index in [1.165, 1.54) is 6.92 Å². The second-order valence-electron chi connectivity index (χ2n) is 2.22. The predicted octanol–water partition coefficient (Wildman–Crippen LogP) is 0.0426. The SMILES string of the molecule is CC(O)C[C](O)C(C)O. The van der Waals surface area contributed by atoms with Crippen molar-refractivity contribution in [1.82, 2.24) is 0 Å². The summed E-state index contributed by atoms with van der Waals surface area (Å²) in [7, 11) is 0. The maximum atomic E-state index is 8.80. The number of aliphatic hydroxyl groups excluding tert-OH is 3. The van der Waals surface area contributed by atoms with E-state index in [1.807, 2.05) is 0 Å². The van der Waals surface area contributed by atoms with Crippen LogP contribution >= 0.6 is 0 Å². The molecular formula is C6H13O3. The largest absolute Gasteiger partial charge is 0.393 e. The van der Waals surface area contributed by atoms with E-state index in [1.54, 1.807) is 6.92 Å². The van der Waals surface area contributed by atoms with Crippen LogP contribution in [-0.4, -0.2) is 27.5 Å². The molecule has 0 aromatic rings. The van der Waals surface area contributed by atoms with Crippen LogP contribution in [0.15, 0.2) is 0 Å². The molecule has 0 saturated heterocycles. The van der Waals surface area contributed by atoms with Crippen molar-refractivity contribution < 1.29 is 15.3 Å². The molecule has 0 rings (SSSR count). The average Bonchev–Trinajstić information content (AvgIpc) is 1.63. The molecule has 1 radical (unpaired) electrons. The first-order valence-corrected chi connectivity index (χ1v) is 2.95. The van der Waals surface area contributed by atoms with Crippen LogP contribution in [0.5, 0.6) is 0 Å². The minimum Gasteiger partial charge on any atom is -0.393 e. The zero-order chi connectivity index (χ0) is 7.44. The standard InChI is InChI=1S/C6H13O3/c1-4(7)3-6(9)5(2)8/h4-5,7-9H,3H2,1-2H3. The van der Waals surface area contributed by atoms with Crippen LogP contribution in [0.3, 0.4) is 0 Å². The quantitative estimate of drug-likeness (QED) is 0.509. The molecule has 3 heteroatoms. The number of aliphatic hydroxyl groups is 3. The van der Waals surface area contributed by atoms with Crippen LogP contribution in [0.1, 0.15) is 20.3 Å². The van der Waals surface area contributed by atoms with Gasteiger partial charge in [0.05, 0.1) is 12.2 Å². The summed E-state index contributed by atoms with van der Waals surface area (Å²) < 4.78 is 0. The molecule has 3 N–H and O–H groups in total. The van der Waals surface area contributed by atoms with E-state index in [9.17, 15) is 0 Å². The van der Waals surface area contributed by atoms with Crippen LogP contribution in [0.4, 0.5) is 0 Å². The number of hydrogen-bond acceptors (Lipinski definition) is 3. The van der Waals surface area contributed by atoms with Gasteiger partial charge in [0.25, 0.3) is 0 Å². The monoisotopic (exact) mass is 133 g/mol. The molecule has 9 heavy (non-hydrogen) atoms. The van der Waals surface area contributed by atoms with Gasteiger partial charge in [-0.05, 0) is 13.8 Å². The van der Waals surface area contributed by atoms with Gasteiger partial charge >= 0.3 is 0 Å². The maximum Gasteiger partial charge on any atom is 0.124 e. The summed E-state index contributed by atoms with van der Waals surface area (Å²) in [6.07, 6.45) is -1.33. The Morgan fingerprint density at radius 2 is 1.78 bits per heavy atom. The second-order valence-corrected chi connectivity index (χ2v) is 2.22. The summed E-state index contributed by atoms with van der Waals surface area (Å²) in [4.78, 5) is 0. The van der Waals surface area contributed by atoms with Gasteiger partial charge in [0.15, 0.2) is 0 Å². The van der Waals surface area contributed by atoms with Gasteiger partial charge in [0, 0.05) is 6.42 Å². The van der Waals surface area contributed by atoms with Gasteiger partial charge in [-0.3, -0.25) is 0 Å². The average molecular weight is 133 g/mol. The summed E-state index contributed by atoms with van der Waals surface area (Å²) in [5, 5.41) is 26.2. The summed E-state index contributed by atoms with van der Waals surface area (Å²) >= 11 is 0. The van der Waals surface area contributed by atoms with Crippen molar-refractivity contribution in [3.63, 3.8) is 0 Å². The molecule has 2 atom stereocenters. The molecule has 0 aliphatic rings. The Labute approximate surface area is 54.9 Å². The molecule has 0 bridgehead atoms. The van der Waals surface area contributed by atoms with Gasteiger partial charge in [0.1, 0.15) is 6.10 Å². The molecule has 0 aromatic heterocycles. The van der Waals surface area contributed by atoms with Crippen LogP contribution in [0, 0.1) is 6.10 Å². The molecule has 3 nitrogen and oxygen atoms in total. The first-order valence-electron chi connectivity index (χ1n) is 2.95. The Balaban J connectivity index is 3.38. The molecule has 0 heterocycles. The van der Waals surface area contributed by atoms with E-state index in [-0.39, 0.29) is 12.5 Å². The van der Waals surface area contributed by atoms with E-state index in [0.29, 0.717) is 0 Å². The summed E-state index contributed by atoms with van der Waals surface area (Å²) in [6.45, 7) is 3.01. The van der Waals surface area contributed by atoms with Crippen molar-refractivity contribution in [2.24, 2.45) is 0 Å². The second kappa shape index (κ2) is 3.82. The molecule has 0 fully saturated rings. The Bertz CT molecular complexity index is 70.7. The third-order valence-electron chi connectivity index (χ3n) is 0.987. The Morgan fingerprint density at radius 1 is 1.33 bits per heavy atom. The lowest BCUT2D eigenvalue weighted by Crippen LogP contribution is -2.18. The van der Waals surface area contributed by atoms with Crippen LogP contribution in [-0.2, 0) is 0 Å². The van der Waals surface area contributed by atoms with E-state index in [0.717, 1.165) is 0 Å². The molecule has 0 amide bonds. The van der Waals surface area contributed by atoms with Crippen LogP contribution < -0.4 is 0 Å². The van der Waals surface area contributed by atoms with Crippen LogP contribution in [0.25, 0.3) is 0 Å². The zero-order valence-electron chi connectivity index (χ0n) is 5.70. The van der Waals surface area contributed by atoms with Gasteiger partial charge in [-0.25, -0.2) is 0 Å². The summed E-state index contributed by atoms with van der Waals surface area (Å²) in [5.41, 5.74) is 0. The van der Waals surface area contributed by atoms with Gasteiger partial charge in [-0.15, -0.1) is 0 Å². The number of rotatable bonds is 3. The Kier molecular flexibility index (Phi) is 3.77. The van der Waals surface area contributed by atoms with Gasteiger partial charge in [-0.2, -0.15) is 0 Å². The topological polar surface area (TPSA) is 60.7 Å². The molecule has 0 aromatic carbocycles. The smallest absolute Gasteiger partial charge is 0.124 e. The molecule has 0 spiro atoms. The Hall–Kier alpha value is -0.120. The lowest BCUT2D eigenvalue weighted by Gasteiger charge is -2.12. The van der Waals surface area contributed by atoms with E-state index < -0.39 is 12.2 Å². The van der Waals surface area contributed by atoms with Crippen molar-refractivity contribution >= 4 is 0 Å². The van der Waals surface area contributed by atoms with Crippen LogP contribution in [0.2, 0.25) is 0 Å². The molecule has 55 valence electrons. The predicted molar refractivity (Wildman–Crippen MR) is 33.2 cm³/mol. The molecule has 0 aliphatic carbocycles. The highest BCUT2D eigenvalue weighted by molar-refractivity contribution is 4.83. The van der Waals surface area contributed by atoms with Gasteiger partial charge < -0.3 is 15.3 Å². The normalized spacial score (nSPS) is 18.0. The molecule has 0 aliphatic heterocycles. The van der Waals surface area contributed by atoms with Crippen molar-refractivity contribution in [2.45, 2.75) is 32.5 Å². The highest BCUT2D eigenvalue weighted by Gasteiger charge is 2.13. The van der Waals surface area contributed by atoms with E-state index in [4.69, 9.17) is 15.3 Å². The lowest BCUT2D eigenvalue weighted by molar-refractivity contribution is 0.0733. The lowest BCUT2D eigenvalue weighted by atomic mass is 10.1. The summed E-state index contributed by atoms with van der Waals surface area (Å²) in [6, 6.07) is 0. The van der Waals surface area contributed by atoms with Crippen molar-refractivity contribution in [3.8, 4) is 0 Å². The highest BCUT2D eigenvalue weighted by atomic mass is 16.3. The minimum atomic E-state index is -0.834. The molecule has 2 unspecified atom stereocenters. The van der Waals surface area contributed by atoms with Crippen molar-refractivity contribution in [2.75, 3.05) is 0 Å². The highest BCUT2D eigenvalue weighted by Crippen LogP contribution is 2.09. The molecular weight excluding hydrogens is 120 g/mol. The fraction of sp³-hybridized carbons (Fsp3) is 0.833. The minimum absolute atomic E-state index is 0.0648. The van der Waals surface area contributed by atoms with Gasteiger partial charge in [0.2, 0.25) is 0 Å². The van der Waals surface area contributed by atoms with E-state index >= 15 is 0 Å². The van der Waals surface area contributed by atoms with Crippen molar-refractivity contribution in [3.05, 3.63) is 6.10 Å². The fourth-order valence-corrected chi connectivity index (χ4v) is 0.473. The van der Waals surface area contributed by atoms with Crippen molar-refractivity contribution in [1.29, 1.82) is 0 Å². The third kappa shape index (κ3) is 4.39. The first kappa shape index (κ1) is 8.88. The summed E-state index contributed by atoms with van der Waals surface area (Å²) in [5.74, 6) is 0. The molecule has 0 saturated carbocycles. The zero-order valence-corrected chi connectivity index (χ0v) is 5.70. The van der Waals surface area contributed by atoms with E-state index in [2.05, 4.69) is 0 Å². The van der Waals surface area contributed by atoms with Gasteiger partial charge in [-0.1, -0.05) is 0 Å². The fourth-order valence-electron chi connectivity index (χ4n) is 0.473.